The fourth-order valence-electron chi connectivity index (χ4n) is 3.31. The van der Waals surface area contributed by atoms with Crippen molar-refractivity contribution in [3.63, 3.8) is 0 Å². The van der Waals surface area contributed by atoms with Gasteiger partial charge in [-0.2, -0.15) is 9.13 Å². The lowest BCUT2D eigenvalue weighted by atomic mass is 10.1. The molecule has 2 nitrogen and oxygen atoms in total. The summed E-state index contributed by atoms with van der Waals surface area (Å²) in [6.45, 7) is 0. The second kappa shape index (κ2) is 5.47. The highest BCUT2D eigenvalue weighted by atomic mass is 15.0. The molecule has 4 aromatic rings. The zero-order chi connectivity index (χ0) is 15.8. The molecule has 112 valence electrons. The molecular weight excluding hydrogens is 280 g/mol. The number of pyridine rings is 2. The van der Waals surface area contributed by atoms with E-state index < -0.39 is 0 Å². The summed E-state index contributed by atoms with van der Waals surface area (Å²) in [5.74, 6) is 0. The van der Waals surface area contributed by atoms with Crippen LogP contribution in [0, 0.1) is 0 Å². The highest BCUT2D eigenvalue weighted by molar-refractivity contribution is 5.76. The van der Waals surface area contributed by atoms with Crippen LogP contribution in [-0.2, 0) is 20.5 Å². The first kappa shape index (κ1) is 13.9. The lowest BCUT2D eigenvalue weighted by molar-refractivity contribution is -0.665. The van der Waals surface area contributed by atoms with Crippen LogP contribution < -0.4 is 9.13 Å². The molecule has 0 N–H and O–H groups in total. The van der Waals surface area contributed by atoms with E-state index in [0.29, 0.717) is 0 Å². The van der Waals surface area contributed by atoms with Gasteiger partial charge in [0.05, 0.1) is 0 Å². The predicted octanol–water partition coefficient (Wildman–Crippen LogP) is 3.23. The van der Waals surface area contributed by atoms with Gasteiger partial charge in [-0.3, -0.25) is 0 Å². The molecule has 0 atom stereocenters. The first-order valence-corrected chi connectivity index (χ1v) is 7.97. The van der Waals surface area contributed by atoms with Crippen LogP contribution in [0.2, 0.25) is 0 Å². The van der Waals surface area contributed by atoms with Crippen LogP contribution in [0.1, 0.15) is 11.4 Å². The van der Waals surface area contributed by atoms with E-state index in [9.17, 15) is 0 Å². The second-order valence-electron chi connectivity index (χ2n) is 6.06. The summed E-state index contributed by atoms with van der Waals surface area (Å²) in [7, 11) is 4.30. The minimum absolute atomic E-state index is 0.919. The molecule has 2 aromatic heterocycles. The molecule has 23 heavy (non-hydrogen) atoms. The van der Waals surface area contributed by atoms with Crippen LogP contribution in [0.4, 0.5) is 0 Å². The molecule has 0 unspecified atom stereocenters. The SMILES string of the molecule is C[n+]1c(Cc2ccc3ccccc3[n+]2C)ccc2ccccc21. The molecular formula is C21H20N2+2. The molecule has 0 aliphatic rings. The number of nitrogens with zero attached hydrogens (tertiary/aromatic N) is 2. The highest BCUT2D eigenvalue weighted by Crippen LogP contribution is 2.14. The van der Waals surface area contributed by atoms with Crippen molar-refractivity contribution in [1.29, 1.82) is 0 Å². The Morgan fingerprint density at radius 1 is 0.565 bits per heavy atom. The third-order valence-electron chi connectivity index (χ3n) is 4.73. The van der Waals surface area contributed by atoms with Crippen LogP contribution in [-0.4, -0.2) is 0 Å². The lowest BCUT2D eigenvalue weighted by Gasteiger charge is -2.05. The minimum Gasteiger partial charge on any atom is -0.198 e. The van der Waals surface area contributed by atoms with E-state index in [4.69, 9.17) is 0 Å². The van der Waals surface area contributed by atoms with E-state index in [1.54, 1.807) is 0 Å². The zero-order valence-electron chi connectivity index (χ0n) is 13.5. The van der Waals surface area contributed by atoms with Crippen molar-refractivity contribution in [1.82, 2.24) is 0 Å². The number of benzene rings is 2. The quantitative estimate of drug-likeness (QED) is 0.502. The van der Waals surface area contributed by atoms with Gasteiger partial charge in [0.1, 0.15) is 20.5 Å². The number of hydrogen-bond donors (Lipinski definition) is 0. The monoisotopic (exact) mass is 300 g/mol. The Morgan fingerprint density at radius 3 is 1.48 bits per heavy atom. The number of fused-ring (bicyclic) bond motifs is 2. The van der Waals surface area contributed by atoms with Gasteiger partial charge in [0, 0.05) is 35.0 Å². The Hall–Kier alpha value is -2.74. The van der Waals surface area contributed by atoms with Crippen molar-refractivity contribution in [3.8, 4) is 0 Å². The van der Waals surface area contributed by atoms with Gasteiger partial charge in [-0.15, -0.1) is 0 Å². The molecule has 0 aliphatic carbocycles. The second-order valence-corrected chi connectivity index (χ2v) is 6.06. The van der Waals surface area contributed by atoms with Crippen molar-refractivity contribution in [3.05, 3.63) is 84.2 Å². The average Bonchev–Trinajstić information content (AvgIpc) is 2.60. The summed E-state index contributed by atoms with van der Waals surface area (Å²) >= 11 is 0. The fraction of sp³-hybridized carbons (Fsp3) is 0.143. The maximum atomic E-state index is 2.30. The molecule has 0 spiro atoms. The Labute approximate surface area is 136 Å². The molecule has 0 amide bonds. The first-order chi connectivity index (χ1) is 11.2. The Morgan fingerprint density at radius 2 is 1.00 bits per heavy atom. The van der Waals surface area contributed by atoms with Gasteiger partial charge in [0.25, 0.3) is 0 Å². The Balaban J connectivity index is 1.82. The van der Waals surface area contributed by atoms with E-state index in [-0.39, 0.29) is 0 Å². The first-order valence-electron chi connectivity index (χ1n) is 7.97. The van der Waals surface area contributed by atoms with Crippen molar-refractivity contribution in [2.75, 3.05) is 0 Å². The maximum Gasteiger partial charge on any atom is 0.212 e. The van der Waals surface area contributed by atoms with Gasteiger partial charge in [-0.1, -0.05) is 24.3 Å². The number of rotatable bonds is 2. The molecule has 4 rings (SSSR count). The summed E-state index contributed by atoms with van der Waals surface area (Å²) in [5, 5.41) is 2.56. The van der Waals surface area contributed by atoms with E-state index >= 15 is 0 Å². The van der Waals surface area contributed by atoms with Crippen molar-refractivity contribution in [2.24, 2.45) is 14.1 Å². The number of para-hydroxylation sites is 2. The summed E-state index contributed by atoms with van der Waals surface area (Å²) in [5.41, 5.74) is 5.17. The maximum absolute atomic E-state index is 2.30. The van der Waals surface area contributed by atoms with Crippen LogP contribution in [0.5, 0.6) is 0 Å². The van der Waals surface area contributed by atoms with Crippen LogP contribution >= 0.6 is 0 Å². The molecule has 0 saturated carbocycles. The van der Waals surface area contributed by atoms with Gasteiger partial charge < -0.3 is 0 Å². The van der Waals surface area contributed by atoms with Crippen molar-refractivity contribution >= 4 is 21.8 Å². The van der Waals surface area contributed by atoms with E-state index in [1.165, 1.54) is 33.2 Å². The third kappa shape index (κ3) is 2.36. The Bertz CT molecular complexity index is 935. The van der Waals surface area contributed by atoms with Gasteiger partial charge in [-0.25, -0.2) is 0 Å². The van der Waals surface area contributed by atoms with E-state index in [1.807, 2.05) is 0 Å². The standard InChI is InChI=1S/C21H20N2/c1-22-18(13-11-16-7-3-5-9-20(16)22)15-19-14-12-17-8-4-6-10-21(17)23(19)2/h3-14H,15H2,1-2H3/q+2. The Kier molecular flexibility index (Phi) is 3.30. The highest BCUT2D eigenvalue weighted by Gasteiger charge is 2.18. The smallest absolute Gasteiger partial charge is 0.198 e. The molecule has 0 radical (unpaired) electrons. The largest absolute Gasteiger partial charge is 0.212 e. The summed E-state index contributed by atoms with van der Waals surface area (Å²) < 4.78 is 4.59. The van der Waals surface area contributed by atoms with Gasteiger partial charge >= 0.3 is 0 Å². The molecule has 0 aliphatic heterocycles. The van der Waals surface area contributed by atoms with Gasteiger partial charge in [0.2, 0.25) is 11.0 Å². The van der Waals surface area contributed by atoms with E-state index in [2.05, 4.69) is 96.0 Å². The molecule has 2 heterocycles. The summed E-state index contributed by atoms with van der Waals surface area (Å²) in [6, 6.07) is 26.0. The van der Waals surface area contributed by atoms with E-state index in [0.717, 1.165) is 6.42 Å². The van der Waals surface area contributed by atoms with Crippen molar-refractivity contribution in [2.45, 2.75) is 6.42 Å². The predicted molar refractivity (Wildman–Crippen MR) is 93.1 cm³/mol. The number of aryl methyl sites for hydroxylation is 2. The van der Waals surface area contributed by atoms with Gasteiger partial charge in [-0.05, 0) is 24.3 Å². The number of aromatic nitrogens is 2. The molecule has 0 saturated heterocycles. The third-order valence-corrected chi connectivity index (χ3v) is 4.73. The van der Waals surface area contributed by atoms with Crippen LogP contribution in [0.15, 0.2) is 72.8 Å². The normalized spacial score (nSPS) is 11.2. The summed E-state index contributed by atoms with van der Waals surface area (Å²) in [4.78, 5) is 0. The van der Waals surface area contributed by atoms with Crippen LogP contribution in [0.3, 0.4) is 0 Å². The van der Waals surface area contributed by atoms with Gasteiger partial charge in [0.15, 0.2) is 11.4 Å². The van der Waals surface area contributed by atoms with Crippen LogP contribution in [0.25, 0.3) is 21.8 Å². The minimum atomic E-state index is 0.919. The van der Waals surface area contributed by atoms with Crippen molar-refractivity contribution < 1.29 is 9.13 Å². The molecule has 0 bridgehead atoms. The topological polar surface area (TPSA) is 7.76 Å². The fourth-order valence-corrected chi connectivity index (χ4v) is 3.31. The molecule has 2 heteroatoms. The lowest BCUT2D eigenvalue weighted by Crippen LogP contribution is -2.39. The summed E-state index contributed by atoms with van der Waals surface area (Å²) in [6.07, 6.45) is 0.919. The number of hydrogen-bond acceptors (Lipinski definition) is 0. The zero-order valence-corrected chi connectivity index (χ0v) is 13.5. The molecule has 2 aromatic carbocycles. The molecule has 0 fully saturated rings. The average molecular weight is 300 g/mol.